The zero-order chi connectivity index (χ0) is 41.4. The minimum Gasteiger partial charge on any atom is -0.456 e. The number of hydrogen-bond acceptors (Lipinski definition) is 2. The number of benzene rings is 11. The van der Waals surface area contributed by atoms with Crippen molar-refractivity contribution in [1.82, 2.24) is 4.57 Å². The van der Waals surface area contributed by atoms with Crippen molar-refractivity contribution < 1.29 is 4.42 Å². The fourth-order valence-corrected chi connectivity index (χ4v) is 9.89. The Morgan fingerprint density at radius 2 is 0.825 bits per heavy atom. The molecule has 13 rings (SSSR count). The van der Waals surface area contributed by atoms with Crippen molar-refractivity contribution in [2.45, 2.75) is 0 Å². The molecule has 0 aliphatic carbocycles. The topological polar surface area (TPSA) is 21.3 Å². The molecule has 0 fully saturated rings. The Hall–Kier alpha value is -8.40. The van der Waals surface area contributed by atoms with Crippen LogP contribution in [0.15, 0.2) is 235 Å². The predicted molar refractivity (Wildman–Crippen MR) is 266 cm³/mol. The summed E-state index contributed by atoms with van der Waals surface area (Å²) in [6.45, 7) is 0. The zero-order valence-electron chi connectivity index (χ0n) is 34.2. The van der Waals surface area contributed by atoms with E-state index in [-0.39, 0.29) is 0 Å². The van der Waals surface area contributed by atoms with Crippen LogP contribution < -0.4 is 4.90 Å². The van der Waals surface area contributed by atoms with Gasteiger partial charge >= 0.3 is 0 Å². The predicted octanol–water partition coefficient (Wildman–Crippen LogP) is 16.9. The Morgan fingerprint density at radius 1 is 0.302 bits per heavy atom. The summed E-state index contributed by atoms with van der Waals surface area (Å²) in [7, 11) is 0. The van der Waals surface area contributed by atoms with Gasteiger partial charge in [-0.2, -0.15) is 0 Å². The molecule has 63 heavy (non-hydrogen) atoms. The summed E-state index contributed by atoms with van der Waals surface area (Å²) in [4.78, 5) is 2.35. The van der Waals surface area contributed by atoms with Gasteiger partial charge < -0.3 is 13.9 Å². The lowest BCUT2D eigenvalue weighted by atomic mass is 9.97. The number of aromatic nitrogens is 1. The number of anilines is 3. The van der Waals surface area contributed by atoms with E-state index in [0.717, 1.165) is 50.3 Å². The Labute approximate surface area is 363 Å². The maximum Gasteiger partial charge on any atom is 0.135 e. The van der Waals surface area contributed by atoms with Gasteiger partial charge in [0.15, 0.2) is 0 Å². The van der Waals surface area contributed by atoms with Gasteiger partial charge in [-0.3, -0.25) is 0 Å². The van der Waals surface area contributed by atoms with Crippen LogP contribution >= 0.6 is 0 Å². The Bertz CT molecular complexity index is 3900. The van der Waals surface area contributed by atoms with Crippen molar-refractivity contribution in [3.63, 3.8) is 0 Å². The summed E-state index contributed by atoms with van der Waals surface area (Å²) < 4.78 is 8.71. The van der Waals surface area contributed by atoms with Crippen molar-refractivity contribution in [2.24, 2.45) is 0 Å². The highest BCUT2D eigenvalue weighted by molar-refractivity contribution is 6.19. The van der Waals surface area contributed by atoms with E-state index in [1.165, 1.54) is 70.8 Å². The molecule has 0 atom stereocenters. The fourth-order valence-electron chi connectivity index (χ4n) is 9.89. The third-order valence-corrected chi connectivity index (χ3v) is 13.0. The molecule has 0 unspecified atom stereocenters. The number of furan rings is 1. The smallest absolute Gasteiger partial charge is 0.135 e. The molecule has 0 amide bonds. The van der Waals surface area contributed by atoms with Crippen LogP contribution in [0.5, 0.6) is 0 Å². The lowest BCUT2D eigenvalue weighted by molar-refractivity contribution is 0.669. The molecule has 2 aromatic heterocycles. The highest BCUT2D eigenvalue weighted by Gasteiger charge is 2.19. The molecular weight excluding hydrogens is 765 g/mol. The van der Waals surface area contributed by atoms with Gasteiger partial charge in [0.05, 0.1) is 11.0 Å². The van der Waals surface area contributed by atoms with Gasteiger partial charge in [-0.15, -0.1) is 0 Å². The van der Waals surface area contributed by atoms with Gasteiger partial charge in [-0.1, -0.05) is 158 Å². The van der Waals surface area contributed by atoms with Crippen LogP contribution in [0.1, 0.15) is 0 Å². The van der Waals surface area contributed by atoms with E-state index in [2.05, 4.69) is 228 Å². The highest BCUT2D eigenvalue weighted by Crippen LogP contribution is 2.42. The molecule has 0 aliphatic rings. The second kappa shape index (κ2) is 14.1. The second-order valence-electron chi connectivity index (χ2n) is 16.5. The third kappa shape index (κ3) is 5.75. The average molecular weight is 803 g/mol. The van der Waals surface area contributed by atoms with Crippen LogP contribution in [0.25, 0.3) is 104 Å². The van der Waals surface area contributed by atoms with E-state index in [0.29, 0.717) is 0 Å². The van der Waals surface area contributed by atoms with Gasteiger partial charge in [0.25, 0.3) is 0 Å². The van der Waals surface area contributed by atoms with Crippen LogP contribution in [-0.2, 0) is 0 Å². The van der Waals surface area contributed by atoms with Crippen molar-refractivity contribution >= 4 is 93.1 Å². The number of hydrogen-bond donors (Lipinski definition) is 0. The molecule has 11 aromatic carbocycles. The first-order valence-corrected chi connectivity index (χ1v) is 21.6. The van der Waals surface area contributed by atoms with E-state index in [1.807, 2.05) is 12.1 Å². The molecule has 294 valence electrons. The summed E-state index contributed by atoms with van der Waals surface area (Å²) in [5.41, 5.74) is 13.3. The average Bonchev–Trinajstić information content (AvgIpc) is 3.90. The summed E-state index contributed by atoms with van der Waals surface area (Å²) in [5.74, 6) is 0. The third-order valence-electron chi connectivity index (χ3n) is 13.0. The maximum absolute atomic E-state index is 6.27. The largest absolute Gasteiger partial charge is 0.456 e. The number of rotatable bonds is 6. The van der Waals surface area contributed by atoms with Gasteiger partial charge in [0.1, 0.15) is 11.2 Å². The Morgan fingerprint density at radius 3 is 1.59 bits per heavy atom. The van der Waals surface area contributed by atoms with Crippen LogP contribution in [0.4, 0.5) is 17.1 Å². The second-order valence-corrected chi connectivity index (χ2v) is 16.5. The molecule has 0 saturated carbocycles. The van der Waals surface area contributed by atoms with Crippen LogP contribution in [-0.4, -0.2) is 4.57 Å². The van der Waals surface area contributed by atoms with Crippen LogP contribution in [0, 0.1) is 0 Å². The van der Waals surface area contributed by atoms with E-state index >= 15 is 0 Å². The van der Waals surface area contributed by atoms with Crippen LogP contribution in [0.2, 0.25) is 0 Å². The SMILES string of the molecule is c1ccc(-n2c3cc(-c4ccc(N(c5ccc(-c6ccc7ccc8ccccc8c7c6)cc5)c5ccc6oc7ccccc7c6c5)cc4)ccc3c3ccc4ccccc4c32)cc1. The molecule has 0 saturated heterocycles. The first-order valence-electron chi connectivity index (χ1n) is 21.6. The summed E-state index contributed by atoms with van der Waals surface area (Å²) >= 11 is 0. The van der Waals surface area contributed by atoms with E-state index in [4.69, 9.17) is 4.42 Å². The van der Waals surface area contributed by atoms with Gasteiger partial charge in [0, 0.05) is 49.7 Å². The summed E-state index contributed by atoms with van der Waals surface area (Å²) in [5, 5.41) is 12.2. The molecule has 0 spiro atoms. The first kappa shape index (κ1) is 35.4. The van der Waals surface area contributed by atoms with Crippen molar-refractivity contribution in [1.29, 1.82) is 0 Å². The normalized spacial score (nSPS) is 11.8. The molecule has 13 aromatic rings. The minimum atomic E-state index is 0.880. The van der Waals surface area contributed by atoms with Crippen LogP contribution in [0.3, 0.4) is 0 Å². The maximum atomic E-state index is 6.27. The number of nitrogens with zero attached hydrogens (tertiary/aromatic N) is 2. The highest BCUT2D eigenvalue weighted by atomic mass is 16.3. The quantitative estimate of drug-likeness (QED) is 0.156. The van der Waals surface area contributed by atoms with E-state index in [9.17, 15) is 0 Å². The molecule has 0 N–H and O–H groups in total. The van der Waals surface area contributed by atoms with Gasteiger partial charge in [-0.25, -0.2) is 0 Å². The molecule has 3 nitrogen and oxygen atoms in total. The Balaban J connectivity index is 0.927. The molecule has 3 heteroatoms. The molecule has 0 radical (unpaired) electrons. The monoisotopic (exact) mass is 802 g/mol. The van der Waals surface area contributed by atoms with Gasteiger partial charge in [-0.05, 0) is 122 Å². The van der Waals surface area contributed by atoms with Crippen molar-refractivity contribution in [3.05, 3.63) is 231 Å². The van der Waals surface area contributed by atoms with Crippen molar-refractivity contribution in [2.75, 3.05) is 4.90 Å². The molecule has 0 bridgehead atoms. The molecule has 2 heterocycles. The minimum absolute atomic E-state index is 0.880. The number of fused-ring (bicyclic) bond motifs is 11. The van der Waals surface area contributed by atoms with E-state index in [1.54, 1.807) is 0 Å². The lowest BCUT2D eigenvalue weighted by Gasteiger charge is -2.26. The van der Waals surface area contributed by atoms with E-state index < -0.39 is 0 Å². The summed E-state index contributed by atoms with van der Waals surface area (Å²) in [6.07, 6.45) is 0. The van der Waals surface area contributed by atoms with Gasteiger partial charge in [0.2, 0.25) is 0 Å². The Kier molecular flexibility index (Phi) is 7.91. The molecule has 0 aliphatic heterocycles. The lowest BCUT2D eigenvalue weighted by Crippen LogP contribution is -2.09. The fraction of sp³-hybridized carbons (Fsp3) is 0. The van der Waals surface area contributed by atoms with Crippen molar-refractivity contribution in [3.8, 4) is 27.9 Å². The molecular formula is C60H38N2O. The number of para-hydroxylation sites is 2. The zero-order valence-corrected chi connectivity index (χ0v) is 34.2. The first-order chi connectivity index (χ1) is 31.2. The summed E-state index contributed by atoms with van der Waals surface area (Å²) in [6, 6.07) is 83.6. The standard InChI is InChI=1S/C60H38N2O/c1-2-12-46(13-3-1)62-57-37-45(27-33-52(57)54-34-26-42-11-5-7-15-51(42)60(54)62)40-24-30-48(31-25-40)61(49-32-35-59-56(38-49)53-16-8-9-17-58(53)63-59)47-28-22-39(23-29-47)44-21-20-43-19-18-41-10-4-6-14-50(41)55(43)36-44/h1-38H.